The van der Waals surface area contributed by atoms with Crippen LogP contribution in [-0.2, 0) is 11.2 Å². The van der Waals surface area contributed by atoms with Crippen LogP contribution in [0.1, 0.15) is 12.3 Å². The van der Waals surface area contributed by atoms with Gasteiger partial charge in [-0.15, -0.1) is 24.8 Å². The van der Waals surface area contributed by atoms with E-state index in [1.165, 1.54) is 12.3 Å². The minimum atomic E-state index is -0.416. The molecule has 2 heterocycles. The summed E-state index contributed by atoms with van der Waals surface area (Å²) in [6, 6.07) is 6.31. The summed E-state index contributed by atoms with van der Waals surface area (Å²) in [5.74, 6) is 0.291. The molecule has 1 aromatic heterocycles. The number of amides is 1. The van der Waals surface area contributed by atoms with E-state index in [0.717, 1.165) is 0 Å². The Morgan fingerprint density at radius 3 is 2.81 bits per heavy atom. The Balaban J connectivity index is 0.00000169. The highest BCUT2D eigenvalue weighted by molar-refractivity contribution is 5.85. The van der Waals surface area contributed by atoms with Gasteiger partial charge in [0.15, 0.2) is 11.7 Å². The van der Waals surface area contributed by atoms with Crippen molar-refractivity contribution in [2.24, 2.45) is 5.92 Å². The minimum Gasteiger partial charge on any atom is -0.441 e. The van der Waals surface area contributed by atoms with Gasteiger partial charge in [-0.25, -0.2) is 9.37 Å². The summed E-state index contributed by atoms with van der Waals surface area (Å²) in [5, 5.41) is 15.5. The fraction of sp³-hybridized carbons (Fsp3) is 0.412. The molecule has 3 rings (SSSR count). The van der Waals surface area contributed by atoms with Gasteiger partial charge in [-0.1, -0.05) is 12.1 Å². The van der Waals surface area contributed by atoms with Crippen LogP contribution in [0.25, 0.3) is 11.3 Å². The van der Waals surface area contributed by atoms with Crippen LogP contribution >= 0.6 is 24.8 Å². The zero-order valence-electron chi connectivity index (χ0n) is 14.0. The molecule has 0 aliphatic carbocycles. The highest BCUT2D eigenvalue weighted by Gasteiger charge is 2.25. The molecule has 1 aromatic carbocycles. The second-order valence-electron chi connectivity index (χ2n) is 5.89. The molecule has 0 saturated carbocycles. The molecule has 144 valence electrons. The van der Waals surface area contributed by atoms with Crippen molar-refractivity contribution in [2.45, 2.75) is 18.9 Å². The van der Waals surface area contributed by atoms with Gasteiger partial charge in [0.05, 0.1) is 17.9 Å². The Morgan fingerprint density at radius 1 is 1.35 bits per heavy atom. The summed E-state index contributed by atoms with van der Waals surface area (Å²) in [7, 11) is 0. The van der Waals surface area contributed by atoms with E-state index >= 15 is 0 Å². The van der Waals surface area contributed by atoms with E-state index in [-0.39, 0.29) is 48.9 Å². The maximum Gasteiger partial charge on any atom is 0.220 e. The molecule has 2 unspecified atom stereocenters. The van der Waals surface area contributed by atoms with Gasteiger partial charge in [0.25, 0.3) is 0 Å². The van der Waals surface area contributed by atoms with Crippen LogP contribution in [0.4, 0.5) is 4.39 Å². The molecule has 0 spiro atoms. The van der Waals surface area contributed by atoms with Crippen molar-refractivity contribution in [3.8, 4) is 11.3 Å². The highest BCUT2D eigenvalue weighted by Crippen LogP contribution is 2.23. The molecule has 1 aliphatic rings. The number of nitrogens with one attached hydrogen (secondary N) is 2. The monoisotopic (exact) mass is 405 g/mol. The maximum atomic E-state index is 13.7. The van der Waals surface area contributed by atoms with E-state index < -0.39 is 6.10 Å². The molecular weight excluding hydrogens is 384 g/mol. The number of carbonyl (C=O) groups is 1. The van der Waals surface area contributed by atoms with Crippen LogP contribution in [0.5, 0.6) is 0 Å². The quantitative estimate of drug-likeness (QED) is 0.683. The molecule has 2 atom stereocenters. The number of oxazole rings is 1. The summed E-state index contributed by atoms with van der Waals surface area (Å²) in [6.07, 6.45) is 1.62. The lowest BCUT2D eigenvalue weighted by atomic mass is 10.1. The number of benzene rings is 1. The zero-order valence-corrected chi connectivity index (χ0v) is 15.6. The van der Waals surface area contributed by atoms with Gasteiger partial charge in [-0.3, -0.25) is 4.79 Å². The Kier molecular flexibility index (Phi) is 9.01. The molecule has 0 bridgehead atoms. The Hall–Kier alpha value is -1.67. The van der Waals surface area contributed by atoms with Crippen molar-refractivity contribution in [1.29, 1.82) is 0 Å². The predicted octanol–water partition coefficient (Wildman–Crippen LogP) is 1.95. The number of β-amino-alcohol motifs (C(OH)–C–C–N with tert-alkyl or cyclic N) is 1. The van der Waals surface area contributed by atoms with E-state index in [1.807, 2.05) is 0 Å². The highest BCUT2D eigenvalue weighted by atomic mass is 35.5. The van der Waals surface area contributed by atoms with Crippen LogP contribution in [0.3, 0.4) is 0 Å². The van der Waals surface area contributed by atoms with E-state index in [0.29, 0.717) is 43.3 Å². The van der Waals surface area contributed by atoms with Gasteiger partial charge in [0.2, 0.25) is 5.91 Å². The standard InChI is InChI=1S/C17H20FN3O3.2ClH/c18-13-4-2-1-3-12(13)15-10-21-17(24-15)6-5-16(23)20-8-11-7-19-9-14(11)22;;/h1-4,10-11,14,19,22H,5-9H2,(H,20,23);2*1H. The maximum absolute atomic E-state index is 13.7. The molecule has 1 aliphatic heterocycles. The van der Waals surface area contributed by atoms with E-state index in [4.69, 9.17) is 4.42 Å². The lowest BCUT2D eigenvalue weighted by Gasteiger charge is -2.13. The summed E-state index contributed by atoms with van der Waals surface area (Å²) < 4.78 is 19.2. The summed E-state index contributed by atoms with van der Waals surface area (Å²) >= 11 is 0. The van der Waals surface area contributed by atoms with E-state index in [9.17, 15) is 14.3 Å². The number of rotatable bonds is 6. The molecule has 3 N–H and O–H groups in total. The third-order valence-corrected chi connectivity index (χ3v) is 4.12. The van der Waals surface area contributed by atoms with Crippen molar-refractivity contribution in [2.75, 3.05) is 19.6 Å². The van der Waals surface area contributed by atoms with Gasteiger partial charge < -0.3 is 20.2 Å². The number of carbonyl (C=O) groups excluding carboxylic acids is 1. The topological polar surface area (TPSA) is 87.4 Å². The molecule has 1 fully saturated rings. The zero-order chi connectivity index (χ0) is 16.9. The van der Waals surface area contributed by atoms with Crippen molar-refractivity contribution >= 4 is 30.7 Å². The second-order valence-corrected chi connectivity index (χ2v) is 5.89. The molecule has 1 saturated heterocycles. The number of aromatic nitrogens is 1. The van der Waals surface area contributed by atoms with Crippen LogP contribution in [-0.4, -0.2) is 41.7 Å². The first-order valence-corrected chi connectivity index (χ1v) is 7.98. The Bertz CT molecular complexity index is 714. The van der Waals surface area contributed by atoms with E-state index in [1.54, 1.807) is 18.2 Å². The number of aliphatic hydroxyl groups excluding tert-OH is 1. The first-order valence-electron chi connectivity index (χ1n) is 7.98. The fourth-order valence-electron chi connectivity index (χ4n) is 2.69. The largest absolute Gasteiger partial charge is 0.441 e. The van der Waals surface area contributed by atoms with Gasteiger partial charge in [0.1, 0.15) is 5.82 Å². The minimum absolute atomic E-state index is 0. The molecular formula is C17H22Cl2FN3O3. The fourth-order valence-corrected chi connectivity index (χ4v) is 2.69. The first kappa shape index (κ1) is 22.4. The molecule has 9 heteroatoms. The Morgan fingerprint density at radius 2 is 2.12 bits per heavy atom. The summed E-state index contributed by atoms with van der Waals surface area (Å²) in [6.45, 7) is 1.71. The van der Waals surface area contributed by atoms with Crippen molar-refractivity contribution in [3.05, 3.63) is 42.2 Å². The average Bonchev–Trinajstić information content (AvgIpc) is 3.20. The van der Waals surface area contributed by atoms with E-state index in [2.05, 4.69) is 15.6 Å². The van der Waals surface area contributed by atoms with Crippen LogP contribution in [0.2, 0.25) is 0 Å². The Labute approximate surface area is 163 Å². The van der Waals surface area contributed by atoms with Gasteiger partial charge in [0, 0.05) is 38.4 Å². The molecule has 1 amide bonds. The van der Waals surface area contributed by atoms with Crippen LogP contribution in [0, 0.1) is 11.7 Å². The van der Waals surface area contributed by atoms with Crippen LogP contribution < -0.4 is 10.6 Å². The number of hydrogen-bond acceptors (Lipinski definition) is 5. The third-order valence-electron chi connectivity index (χ3n) is 4.12. The van der Waals surface area contributed by atoms with Crippen molar-refractivity contribution < 1.29 is 18.7 Å². The molecule has 0 radical (unpaired) electrons. The lowest BCUT2D eigenvalue weighted by molar-refractivity contribution is -0.121. The number of aliphatic hydroxyl groups is 1. The van der Waals surface area contributed by atoms with Gasteiger partial charge >= 0.3 is 0 Å². The number of hydrogen-bond donors (Lipinski definition) is 3. The molecule has 26 heavy (non-hydrogen) atoms. The third kappa shape index (κ3) is 5.67. The second kappa shape index (κ2) is 10.5. The molecule has 6 nitrogen and oxygen atoms in total. The predicted molar refractivity (Wildman–Crippen MR) is 100 cm³/mol. The van der Waals surface area contributed by atoms with Gasteiger partial charge in [-0.05, 0) is 12.1 Å². The lowest BCUT2D eigenvalue weighted by Crippen LogP contribution is -2.34. The first-order chi connectivity index (χ1) is 11.6. The van der Waals surface area contributed by atoms with Crippen molar-refractivity contribution in [3.63, 3.8) is 0 Å². The summed E-state index contributed by atoms with van der Waals surface area (Å²) in [4.78, 5) is 16.0. The van der Waals surface area contributed by atoms with Gasteiger partial charge in [-0.2, -0.15) is 0 Å². The average molecular weight is 406 g/mol. The smallest absolute Gasteiger partial charge is 0.220 e. The SMILES string of the molecule is Cl.Cl.O=C(CCc1ncc(-c2ccccc2F)o1)NCC1CNCC1O. The molecule has 2 aromatic rings. The normalized spacial score (nSPS) is 18.7. The number of nitrogens with zero attached hydrogens (tertiary/aromatic N) is 1. The van der Waals surface area contributed by atoms with Crippen LogP contribution in [0.15, 0.2) is 34.9 Å². The number of halogens is 3. The summed E-state index contributed by atoms with van der Waals surface area (Å²) in [5.41, 5.74) is 0.350. The van der Waals surface area contributed by atoms with Crippen molar-refractivity contribution in [1.82, 2.24) is 15.6 Å². The number of aryl methyl sites for hydroxylation is 1.